The van der Waals surface area contributed by atoms with Gasteiger partial charge in [0.15, 0.2) is 0 Å². The number of nitrogens with two attached hydrogens (primary N) is 1. The van der Waals surface area contributed by atoms with Gasteiger partial charge in [-0.15, -0.1) is 0 Å². The molecule has 1 unspecified atom stereocenters. The van der Waals surface area contributed by atoms with E-state index >= 15 is 0 Å². The zero-order valence-corrected chi connectivity index (χ0v) is 13.2. The largest absolute Gasteiger partial charge is 0.349 e. The van der Waals surface area contributed by atoms with E-state index < -0.39 is 15.9 Å². The predicted octanol–water partition coefficient (Wildman–Crippen LogP) is 2.17. The highest BCUT2D eigenvalue weighted by Crippen LogP contribution is 2.44. The molecule has 0 bridgehead atoms. The highest BCUT2D eigenvalue weighted by molar-refractivity contribution is 7.89. The number of hydrogen-bond donors (Lipinski definition) is 2. The maximum absolute atomic E-state index is 12.1. The summed E-state index contributed by atoms with van der Waals surface area (Å²) in [4.78, 5) is 11.8. The number of sulfonamides is 1. The molecule has 0 saturated heterocycles. The van der Waals surface area contributed by atoms with Crippen molar-refractivity contribution >= 4 is 39.1 Å². The van der Waals surface area contributed by atoms with E-state index in [2.05, 4.69) is 5.32 Å². The topological polar surface area (TPSA) is 89.3 Å². The molecule has 1 aliphatic carbocycles. The lowest BCUT2D eigenvalue weighted by Crippen LogP contribution is -2.29. The van der Waals surface area contributed by atoms with Crippen LogP contribution in [0.2, 0.25) is 10.0 Å². The van der Waals surface area contributed by atoms with E-state index in [1.807, 2.05) is 13.8 Å². The Kier molecular flexibility index (Phi) is 3.79. The van der Waals surface area contributed by atoms with Crippen LogP contribution in [-0.2, 0) is 10.0 Å². The quantitative estimate of drug-likeness (QED) is 0.886. The molecule has 0 aliphatic heterocycles. The average molecular weight is 337 g/mol. The molecule has 110 valence electrons. The van der Waals surface area contributed by atoms with Gasteiger partial charge < -0.3 is 5.32 Å². The highest BCUT2D eigenvalue weighted by Gasteiger charge is 2.46. The fraction of sp³-hybridized carbons (Fsp3) is 0.417. The average Bonchev–Trinajstić information content (AvgIpc) is 2.83. The smallest absolute Gasteiger partial charge is 0.253 e. The number of primary sulfonamides is 1. The minimum atomic E-state index is -4.01. The molecule has 0 aromatic heterocycles. The summed E-state index contributed by atoms with van der Waals surface area (Å²) in [6, 6.07) is 2.36. The first-order valence-corrected chi connectivity index (χ1v) is 8.15. The van der Waals surface area contributed by atoms with Gasteiger partial charge in [-0.05, 0) is 24.0 Å². The van der Waals surface area contributed by atoms with Crippen LogP contribution >= 0.6 is 23.2 Å². The Morgan fingerprint density at radius 3 is 2.35 bits per heavy atom. The fourth-order valence-corrected chi connectivity index (χ4v) is 3.28. The molecule has 1 amide bonds. The van der Waals surface area contributed by atoms with Crippen molar-refractivity contribution in [1.29, 1.82) is 0 Å². The van der Waals surface area contributed by atoms with Crippen LogP contribution in [0, 0.1) is 5.41 Å². The van der Waals surface area contributed by atoms with Crippen LogP contribution in [0.25, 0.3) is 0 Å². The van der Waals surface area contributed by atoms with Crippen molar-refractivity contribution in [2.75, 3.05) is 0 Å². The first kappa shape index (κ1) is 15.6. The van der Waals surface area contributed by atoms with Crippen LogP contribution in [0.1, 0.15) is 30.6 Å². The zero-order chi connectivity index (χ0) is 15.3. The van der Waals surface area contributed by atoms with Gasteiger partial charge in [0.1, 0.15) is 4.90 Å². The van der Waals surface area contributed by atoms with Crippen molar-refractivity contribution in [3.05, 3.63) is 27.7 Å². The van der Waals surface area contributed by atoms with Crippen LogP contribution in [0.4, 0.5) is 0 Å². The number of benzene rings is 1. The molecular weight excluding hydrogens is 323 g/mol. The first-order chi connectivity index (χ1) is 9.02. The highest BCUT2D eigenvalue weighted by atomic mass is 35.5. The third-order valence-electron chi connectivity index (χ3n) is 3.39. The number of rotatable bonds is 3. The third kappa shape index (κ3) is 3.09. The Morgan fingerprint density at radius 1 is 1.35 bits per heavy atom. The lowest BCUT2D eigenvalue weighted by molar-refractivity contribution is 0.0946. The first-order valence-electron chi connectivity index (χ1n) is 5.85. The van der Waals surface area contributed by atoms with Gasteiger partial charge >= 0.3 is 0 Å². The second kappa shape index (κ2) is 4.87. The van der Waals surface area contributed by atoms with Gasteiger partial charge in [-0.2, -0.15) is 0 Å². The summed E-state index contributed by atoms with van der Waals surface area (Å²) in [5, 5.41) is 7.82. The van der Waals surface area contributed by atoms with Crippen molar-refractivity contribution in [3.63, 3.8) is 0 Å². The Balaban J connectivity index is 2.34. The lowest BCUT2D eigenvalue weighted by atomic mass is 10.1. The van der Waals surface area contributed by atoms with Gasteiger partial charge in [0.05, 0.1) is 15.6 Å². The number of nitrogens with one attached hydrogen (secondary N) is 1. The standard InChI is InChI=1S/C12H14Cl2N2O3S/c1-12(2)5-10(12)16-11(17)6-3-9(20(15,18)19)8(14)4-7(6)13/h3-4,10H,5H2,1-2H3,(H,16,17)(H2,15,18,19). The second-order valence-corrected chi connectivity index (χ2v) is 7.87. The SMILES string of the molecule is CC1(C)CC1NC(=O)c1cc(S(N)(=O)=O)c(Cl)cc1Cl. The van der Waals surface area contributed by atoms with Crippen LogP contribution in [0.15, 0.2) is 17.0 Å². The zero-order valence-electron chi connectivity index (χ0n) is 10.9. The Hall–Kier alpha value is -0.820. The van der Waals surface area contributed by atoms with Gasteiger partial charge in [0, 0.05) is 6.04 Å². The fourth-order valence-electron chi connectivity index (χ4n) is 1.87. The summed E-state index contributed by atoms with van der Waals surface area (Å²) in [5.41, 5.74) is 0.0972. The molecule has 5 nitrogen and oxygen atoms in total. The molecule has 1 aromatic rings. The van der Waals surface area contributed by atoms with E-state index in [-0.39, 0.29) is 32.0 Å². The van der Waals surface area contributed by atoms with Crippen molar-refractivity contribution in [2.24, 2.45) is 10.6 Å². The molecule has 1 aliphatic rings. The summed E-state index contributed by atoms with van der Waals surface area (Å²) in [6.45, 7) is 4.05. The van der Waals surface area contributed by atoms with E-state index in [0.717, 1.165) is 12.5 Å². The molecule has 0 radical (unpaired) electrons. The van der Waals surface area contributed by atoms with Crippen LogP contribution < -0.4 is 10.5 Å². The molecule has 0 spiro atoms. The summed E-state index contributed by atoms with van der Waals surface area (Å²) in [5.74, 6) is -0.438. The Labute approximate surface area is 127 Å². The van der Waals surface area contributed by atoms with E-state index in [0.29, 0.717) is 0 Å². The molecular formula is C12H14Cl2N2O3S. The molecule has 3 N–H and O–H groups in total. The Morgan fingerprint density at radius 2 is 1.90 bits per heavy atom. The summed E-state index contributed by atoms with van der Waals surface area (Å²) in [7, 11) is -4.01. The maximum Gasteiger partial charge on any atom is 0.253 e. The van der Waals surface area contributed by atoms with Crippen molar-refractivity contribution in [2.45, 2.75) is 31.2 Å². The van der Waals surface area contributed by atoms with Gasteiger partial charge in [0.2, 0.25) is 10.0 Å². The molecule has 1 fully saturated rings. The molecule has 2 rings (SSSR count). The molecule has 20 heavy (non-hydrogen) atoms. The molecule has 1 atom stereocenters. The van der Waals surface area contributed by atoms with E-state index in [4.69, 9.17) is 28.3 Å². The predicted molar refractivity (Wildman–Crippen MR) is 77.5 cm³/mol. The third-order valence-corrected chi connectivity index (χ3v) is 5.08. The monoisotopic (exact) mass is 336 g/mol. The molecule has 1 aromatic carbocycles. The lowest BCUT2D eigenvalue weighted by Gasteiger charge is -2.10. The van der Waals surface area contributed by atoms with Crippen molar-refractivity contribution < 1.29 is 13.2 Å². The minimum Gasteiger partial charge on any atom is -0.349 e. The van der Waals surface area contributed by atoms with Crippen molar-refractivity contribution in [1.82, 2.24) is 5.32 Å². The number of amides is 1. The van der Waals surface area contributed by atoms with Crippen molar-refractivity contribution in [3.8, 4) is 0 Å². The van der Waals surface area contributed by atoms with E-state index in [9.17, 15) is 13.2 Å². The van der Waals surface area contributed by atoms with Crippen LogP contribution in [0.3, 0.4) is 0 Å². The van der Waals surface area contributed by atoms with E-state index in [1.165, 1.54) is 6.07 Å². The second-order valence-electron chi connectivity index (χ2n) is 5.53. The van der Waals surface area contributed by atoms with Gasteiger partial charge in [-0.1, -0.05) is 37.0 Å². The summed E-state index contributed by atoms with van der Waals surface area (Å²) >= 11 is 11.7. The number of carbonyl (C=O) groups excluding carboxylic acids is 1. The van der Waals surface area contributed by atoms with Crippen LogP contribution in [-0.4, -0.2) is 20.4 Å². The van der Waals surface area contributed by atoms with Gasteiger partial charge in [-0.25, -0.2) is 13.6 Å². The number of hydrogen-bond acceptors (Lipinski definition) is 3. The normalized spacial score (nSPS) is 20.6. The Bertz CT molecular complexity index is 686. The van der Waals surface area contributed by atoms with Gasteiger partial charge in [-0.3, -0.25) is 4.79 Å². The molecule has 1 saturated carbocycles. The summed E-state index contributed by atoms with van der Waals surface area (Å²) < 4.78 is 22.8. The number of halogens is 2. The minimum absolute atomic E-state index is 0.0443. The summed E-state index contributed by atoms with van der Waals surface area (Å²) in [6.07, 6.45) is 0.867. The number of carbonyl (C=O) groups is 1. The maximum atomic E-state index is 12.1. The molecule has 0 heterocycles. The molecule has 8 heteroatoms. The van der Waals surface area contributed by atoms with E-state index in [1.54, 1.807) is 0 Å². The van der Waals surface area contributed by atoms with Crippen LogP contribution in [0.5, 0.6) is 0 Å². The van der Waals surface area contributed by atoms with Gasteiger partial charge in [0.25, 0.3) is 5.91 Å².